The summed E-state index contributed by atoms with van der Waals surface area (Å²) in [7, 11) is 0. The molecule has 0 saturated carbocycles. The van der Waals surface area contributed by atoms with Crippen molar-refractivity contribution in [3.63, 3.8) is 0 Å². The summed E-state index contributed by atoms with van der Waals surface area (Å²) in [5, 5.41) is 10.1. The molecule has 0 saturated heterocycles. The van der Waals surface area contributed by atoms with Crippen LogP contribution in [0.3, 0.4) is 0 Å². The number of ketones is 1. The smallest absolute Gasteiger partial charge is 0.416 e. The number of Topliss-reactive ketones (excluding diaryl/α,β-unsaturated/α-hetero) is 1. The largest absolute Gasteiger partial charge is 0.460 e. The van der Waals surface area contributed by atoms with Crippen LogP contribution in [0.5, 0.6) is 0 Å². The lowest BCUT2D eigenvalue weighted by Gasteiger charge is -2.21. The molecule has 1 aromatic rings. The molecule has 0 bridgehead atoms. The van der Waals surface area contributed by atoms with Gasteiger partial charge in [0.2, 0.25) is 0 Å². The summed E-state index contributed by atoms with van der Waals surface area (Å²) in [6.07, 6.45) is -6.28. The van der Waals surface area contributed by atoms with Gasteiger partial charge < -0.3 is 9.84 Å². The molecule has 0 aliphatic carbocycles. The Morgan fingerprint density at radius 2 is 1.62 bits per heavy atom. The summed E-state index contributed by atoms with van der Waals surface area (Å²) in [5.74, 6) is -2.20. The van der Waals surface area contributed by atoms with Crippen LogP contribution in [0.15, 0.2) is 24.3 Å². The Bertz CT molecular complexity index is 585. The van der Waals surface area contributed by atoms with Gasteiger partial charge in [-0.15, -0.1) is 0 Å². The molecule has 0 fully saturated rings. The fourth-order valence-corrected chi connectivity index (χ4v) is 2.01. The maximum Gasteiger partial charge on any atom is 0.416 e. The van der Waals surface area contributed by atoms with E-state index >= 15 is 0 Å². The van der Waals surface area contributed by atoms with Crippen LogP contribution < -0.4 is 0 Å². The Labute approximate surface area is 138 Å². The molecule has 1 N–H and O–H groups in total. The average Bonchev–Trinajstić information content (AvgIpc) is 2.42. The van der Waals surface area contributed by atoms with Crippen molar-refractivity contribution in [2.45, 2.75) is 52.0 Å². The molecular weight excluding hydrogens is 325 g/mol. The number of rotatable bonds is 5. The molecule has 0 amide bonds. The van der Waals surface area contributed by atoms with E-state index in [0.717, 1.165) is 24.3 Å². The Kier molecular flexibility index (Phi) is 6.16. The summed E-state index contributed by atoms with van der Waals surface area (Å²) in [4.78, 5) is 23.7. The maximum atomic E-state index is 12.5. The van der Waals surface area contributed by atoms with Gasteiger partial charge in [0.05, 0.1) is 11.7 Å². The quantitative estimate of drug-likeness (QED) is 0.653. The lowest BCUT2D eigenvalue weighted by molar-refractivity contribution is -0.157. The van der Waals surface area contributed by atoms with Gasteiger partial charge in [0.1, 0.15) is 17.8 Å². The second-order valence-electron chi connectivity index (χ2n) is 6.58. The van der Waals surface area contributed by atoms with Crippen LogP contribution in [-0.2, 0) is 20.5 Å². The van der Waals surface area contributed by atoms with E-state index in [0.29, 0.717) is 0 Å². The van der Waals surface area contributed by atoms with E-state index in [9.17, 15) is 27.9 Å². The van der Waals surface area contributed by atoms with Crippen LogP contribution >= 0.6 is 0 Å². The monoisotopic (exact) mass is 346 g/mol. The fourth-order valence-electron chi connectivity index (χ4n) is 2.01. The molecule has 0 spiro atoms. The molecule has 0 aliphatic heterocycles. The number of ether oxygens (including phenoxy) is 1. The zero-order valence-electron chi connectivity index (χ0n) is 14.0. The van der Waals surface area contributed by atoms with Crippen molar-refractivity contribution in [1.29, 1.82) is 0 Å². The van der Waals surface area contributed by atoms with Crippen molar-refractivity contribution in [3.8, 4) is 0 Å². The Hall–Kier alpha value is -1.89. The van der Waals surface area contributed by atoms with Crippen molar-refractivity contribution in [1.82, 2.24) is 0 Å². The van der Waals surface area contributed by atoms with Crippen LogP contribution in [0.4, 0.5) is 13.2 Å². The van der Waals surface area contributed by atoms with Crippen LogP contribution in [0.2, 0.25) is 0 Å². The third kappa shape index (κ3) is 5.96. The lowest BCUT2D eigenvalue weighted by Crippen LogP contribution is -2.28. The maximum absolute atomic E-state index is 12.5. The first kappa shape index (κ1) is 20.2. The zero-order chi connectivity index (χ0) is 18.7. The molecule has 0 aliphatic rings. The summed E-state index contributed by atoms with van der Waals surface area (Å²) < 4.78 is 42.6. The summed E-state index contributed by atoms with van der Waals surface area (Å²) in [6.45, 7) is 6.40. The number of carbonyl (C=O) groups excluding carboxylic acids is 2. The van der Waals surface area contributed by atoms with Crippen LogP contribution in [0, 0.1) is 5.92 Å². The first-order chi connectivity index (χ1) is 10.8. The molecule has 0 aromatic heterocycles. The van der Waals surface area contributed by atoms with Crippen molar-refractivity contribution < 1.29 is 32.6 Å². The van der Waals surface area contributed by atoms with Gasteiger partial charge in [-0.2, -0.15) is 13.2 Å². The normalized spacial score (nSPS) is 14.8. The second-order valence-corrected chi connectivity index (χ2v) is 6.58. The Morgan fingerprint density at radius 3 is 2.04 bits per heavy atom. The van der Waals surface area contributed by atoms with Gasteiger partial charge in [0.25, 0.3) is 0 Å². The summed E-state index contributed by atoms with van der Waals surface area (Å²) >= 11 is 0. The zero-order valence-corrected chi connectivity index (χ0v) is 14.0. The molecule has 134 valence electrons. The van der Waals surface area contributed by atoms with Gasteiger partial charge in [-0.1, -0.05) is 19.1 Å². The number of esters is 1. The third-order valence-corrected chi connectivity index (χ3v) is 3.30. The number of hydrogen-bond acceptors (Lipinski definition) is 4. The second kappa shape index (κ2) is 7.34. The SMILES string of the molecule is C[C@H](C(=O)CC(=O)OC(C)(C)C)[C@H](O)c1ccc(C(F)(F)F)cc1. The van der Waals surface area contributed by atoms with Gasteiger partial charge >= 0.3 is 12.1 Å². The molecule has 4 nitrogen and oxygen atoms in total. The third-order valence-electron chi connectivity index (χ3n) is 3.30. The first-order valence-electron chi connectivity index (χ1n) is 7.41. The number of aliphatic hydroxyl groups is 1. The van der Waals surface area contributed by atoms with Gasteiger partial charge in [-0.25, -0.2) is 0 Å². The van der Waals surface area contributed by atoms with Crippen molar-refractivity contribution in [2.24, 2.45) is 5.92 Å². The van der Waals surface area contributed by atoms with Gasteiger partial charge in [-0.3, -0.25) is 9.59 Å². The predicted molar refractivity (Wildman–Crippen MR) is 81.0 cm³/mol. The molecule has 1 aromatic carbocycles. The highest BCUT2D eigenvalue weighted by Gasteiger charge is 2.31. The van der Waals surface area contributed by atoms with Crippen molar-refractivity contribution in [3.05, 3.63) is 35.4 Å². The minimum atomic E-state index is -4.47. The minimum Gasteiger partial charge on any atom is -0.460 e. The van der Waals surface area contributed by atoms with Gasteiger partial charge in [-0.05, 0) is 38.5 Å². The van der Waals surface area contributed by atoms with Crippen LogP contribution in [0.1, 0.15) is 51.3 Å². The lowest BCUT2D eigenvalue weighted by atomic mass is 9.92. The van der Waals surface area contributed by atoms with E-state index in [4.69, 9.17) is 4.74 Å². The molecule has 1 rings (SSSR count). The Morgan fingerprint density at radius 1 is 1.12 bits per heavy atom. The first-order valence-corrected chi connectivity index (χ1v) is 7.41. The fraction of sp³-hybridized carbons (Fsp3) is 0.529. The van der Waals surface area contributed by atoms with Crippen LogP contribution in [-0.4, -0.2) is 22.5 Å². The molecule has 7 heteroatoms. The predicted octanol–water partition coefficient (Wildman–Crippen LogP) is 3.68. The van der Waals surface area contributed by atoms with Crippen molar-refractivity contribution in [2.75, 3.05) is 0 Å². The summed E-state index contributed by atoms with van der Waals surface area (Å²) in [5.41, 5.74) is -1.40. The number of carbonyl (C=O) groups is 2. The molecule has 2 atom stereocenters. The number of hydrogen-bond donors (Lipinski definition) is 1. The molecule has 0 radical (unpaired) electrons. The number of benzene rings is 1. The van der Waals surface area contributed by atoms with Gasteiger partial charge in [0.15, 0.2) is 0 Å². The topological polar surface area (TPSA) is 63.6 Å². The molecule has 0 heterocycles. The standard InChI is InChI=1S/C17H21F3O4/c1-10(13(21)9-14(22)24-16(2,3)4)15(23)11-5-7-12(8-6-11)17(18,19)20/h5-8,10,15,23H,9H2,1-4H3/t10-,15+/m1/s1. The molecule has 0 unspecified atom stereocenters. The average molecular weight is 346 g/mol. The number of aliphatic hydroxyl groups excluding tert-OH is 1. The van der Waals surface area contributed by atoms with Crippen LogP contribution in [0.25, 0.3) is 0 Å². The van der Waals surface area contributed by atoms with Crippen molar-refractivity contribution >= 4 is 11.8 Å². The van der Waals surface area contributed by atoms with E-state index in [2.05, 4.69) is 0 Å². The highest BCUT2D eigenvalue weighted by atomic mass is 19.4. The molecule has 24 heavy (non-hydrogen) atoms. The summed E-state index contributed by atoms with van der Waals surface area (Å²) in [6, 6.07) is 3.91. The van der Waals surface area contributed by atoms with E-state index in [1.807, 2.05) is 0 Å². The number of halogens is 3. The Balaban J connectivity index is 2.74. The van der Waals surface area contributed by atoms with E-state index in [-0.39, 0.29) is 5.56 Å². The van der Waals surface area contributed by atoms with E-state index < -0.39 is 47.5 Å². The number of alkyl halides is 3. The van der Waals surface area contributed by atoms with Gasteiger partial charge in [0, 0.05) is 5.92 Å². The highest BCUT2D eigenvalue weighted by Crippen LogP contribution is 2.31. The minimum absolute atomic E-state index is 0.174. The van der Waals surface area contributed by atoms with E-state index in [1.165, 1.54) is 6.92 Å². The molecular formula is C17H21F3O4. The van der Waals surface area contributed by atoms with E-state index in [1.54, 1.807) is 20.8 Å². The highest BCUT2D eigenvalue weighted by molar-refractivity contribution is 5.97.